The number of carbonyl (C=O) groups excluding carboxylic acids is 1. The van der Waals surface area contributed by atoms with Crippen molar-refractivity contribution in [1.82, 2.24) is 0 Å². The Balaban J connectivity index is 2.25. The van der Waals surface area contributed by atoms with Crippen LogP contribution < -0.4 is 0 Å². The van der Waals surface area contributed by atoms with E-state index in [0.29, 0.717) is 6.42 Å². The number of ketones is 1. The lowest BCUT2D eigenvalue weighted by Crippen LogP contribution is -1.96. The molecule has 0 spiro atoms. The second kappa shape index (κ2) is 3.54. The zero-order valence-corrected chi connectivity index (χ0v) is 8.49. The van der Waals surface area contributed by atoms with E-state index in [1.165, 1.54) is 16.2 Å². The number of Topliss-reactive ketones (excluding diaryl/α,β-unsaturated/α-hetero) is 1. The molecule has 1 aliphatic rings. The molecule has 0 amide bonds. The van der Waals surface area contributed by atoms with Gasteiger partial charge < -0.3 is 0 Å². The zero-order valence-electron chi connectivity index (χ0n) is 7.67. The Morgan fingerprint density at radius 2 is 2.38 bits per heavy atom. The summed E-state index contributed by atoms with van der Waals surface area (Å²) in [5.41, 5.74) is 2.58. The van der Waals surface area contributed by atoms with Gasteiger partial charge in [0.15, 0.2) is 0 Å². The average molecular weight is 192 g/mol. The van der Waals surface area contributed by atoms with E-state index >= 15 is 0 Å². The normalized spacial score (nSPS) is 14.2. The summed E-state index contributed by atoms with van der Waals surface area (Å²) in [5, 5.41) is 0. The van der Waals surface area contributed by atoms with Crippen LogP contribution in [0.15, 0.2) is 23.1 Å². The van der Waals surface area contributed by atoms with Gasteiger partial charge in [-0.2, -0.15) is 0 Å². The van der Waals surface area contributed by atoms with E-state index < -0.39 is 0 Å². The van der Waals surface area contributed by atoms with Crippen LogP contribution in [0.2, 0.25) is 0 Å². The molecule has 1 nitrogen and oxygen atoms in total. The van der Waals surface area contributed by atoms with E-state index in [9.17, 15) is 4.79 Å². The maximum atomic E-state index is 10.9. The Hall–Kier alpha value is -0.760. The van der Waals surface area contributed by atoms with E-state index in [-0.39, 0.29) is 5.78 Å². The van der Waals surface area contributed by atoms with E-state index in [2.05, 4.69) is 18.2 Å². The van der Waals surface area contributed by atoms with Gasteiger partial charge in [-0.25, -0.2) is 0 Å². The Labute approximate surface area is 82.5 Å². The van der Waals surface area contributed by atoms with Gasteiger partial charge in [0.1, 0.15) is 5.78 Å². The first-order chi connectivity index (χ1) is 6.25. The minimum absolute atomic E-state index is 0.241. The van der Waals surface area contributed by atoms with Crippen LogP contribution in [0.1, 0.15) is 18.1 Å². The fraction of sp³-hybridized carbons (Fsp3) is 0.364. The average Bonchev–Trinajstić information content (AvgIpc) is 2.49. The molecule has 0 radical (unpaired) electrons. The predicted molar refractivity (Wildman–Crippen MR) is 55.3 cm³/mol. The Kier molecular flexibility index (Phi) is 2.40. The van der Waals surface area contributed by atoms with Crippen molar-refractivity contribution in [3.05, 3.63) is 29.3 Å². The minimum atomic E-state index is 0.241. The van der Waals surface area contributed by atoms with Crippen LogP contribution in [-0.4, -0.2) is 11.5 Å². The molecule has 68 valence electrons. The lowest BCUT2D eigenvalue weighted by Gasteiger charge is -2.01. The van der Waals surface area contributed by atoms with Gasteiger partial charge in [0.05, 0.1) is 0 Å². The van der Waals surface area contributed by atoms with Crippen LogP contribution in [0.25, 0.3) is 0 Å². The van der Waals surface area contributed by atoms with Crippen LogP contribution in [-0.2, 0) is 17.6 Å². The molecule has 1 aromatic carbocycles. The van der Waals surface area contributed by atoms with Crippen molar-refractivity contribution in [3.8, 4) is 0 Å². The van der Waals surface area contributed by atoms with E-state index in [0.717, 1.165) is 12.0 Å². The highest BCUT2D eigenvalue weighted by Gasteiger charge is 2.11. The molecule has 0 N–H and O–H groups in total. The summed E-state index contributed by atoms with van der Waals surface area (Å²) >= 11 is 1.91. The Bertz CT molecular complexity index is 344. The number of thioether (sulfide) groups is 1. The zero-order chi connectivity index (χ0) is 9.26. The van der Waals surface area contributed by atoms with Gasteiger partial charge in [0, 0.05) is 17.1 Å². The van der Waals surface area contributed by atoms with E-state index in [4.69, 9.17) is 0 Å². The molecule has 2 heteroatoms. The standard InChI is InChI=1S/C11H12OS/c1-8(12)6-9-2-3-11-10(7-9)4-5-13-11/h2-3,7H,4-6H2,1H3. The lowest BCUT2D eigenvalue weighted by molar-refractivity contribution is -0.116. The van der Waals surface area contributed by atoms with E-state index in [1.54, 1.807) is 6.92 Å². The van der Waals surface area contributed by atoms with Crippen molar-refractivity contribution in [3.63, 3.8) is 0 Å². The van der Waals surface area contributed by atoms with Crippen LogP contribution in [0.4, 0.5) is 0 Å². The Morgan fingerprint density at radius 3 is 3.15 bits per heavy atom. The first kappa shape index (κ1) is 8.82. The summed E-state index contributed by atoms with van der Waals surface area (Å²) in [6.07, 6.45) is 1.74. The highest BCUT2D eigenvalue weighted by atomic mass is 32.2. The predicted octanol–water partition coefficient (Wildman–Crippen LogP) is 2.47. The number of rotatable bonds is 2. The molecule has 1 aliphatic heterocycles. The van der Waals surface area contributed by atoms with Crippen molar-refractivity contribution in [2.45, 2.75) is 24.7 Å². The molecule has 0 saturated carbocycles. The van der Waals surface area contributed by atoms with Gasteiger partial charge in [-0.1, -0.05) is 12.1 Å². The number of fused-ring (bicyclic) bond motifs is 1. The van der Waals surface area contributed by atoms with Crippen LogP contribution >= 0.6 is 11.8 Å². The third-order valence-corrected chi connectivity index (χ3v) is 3.32. The molecule has 0 bridgehead atoms. The highest BCUT2D eigenvalue weighted by Crippen LogP contribution is 2.31. The molecule has 0 fully saturated rings. The quantitative estimate of drug-likeness (QED) is 0.716. The number of aryl methyl sites for hydroxylation is 1. The summed E-state index contributed by atoms with van der Waals surface area (Å²) < 4.78 is 0. The van der Waals surface area contributed by atoms with Gasteiger partial charge in [0.2, 0.25) is 0 Å². The molecule has 1 aromatic rings. The molecule has 0 saturated heterocycles. The van der Waals surface area contributed by atoms with Crippen LogP contribution in [0, 0.1) is 0 Å². The number of carbonyl (C=O) groups is 1. The van der Waals surface area contributed by atoms with Crippen LogP contribution in [0.5, 0.6) is 0 Å². The summed E-state index contributed by atoms with van der Waals surface area (Å²) in [7, 11) is 0. The molecule has 0 unspecified atom stereocenters. The topological polar surface area (TPSA) is 17.1 Å². The number of hydrogen-bond donors (Lipinski definition) is 0. The molecular weight excluding hydrogens is 180 g/mol. The van der Waals surface area contributed by atoms with Gasteiger partial charge >= 0.3 is 0 Å². The van der Waals surface area contributed by atoms with Crippen molar-refractivity contribution < 1.29 is 4.79 Å². The van der Waals surface area contributed by atoms with Crippen molar-refractivity contribution in [2.75, 3.05) is 5.75 Å². The monoisotopic (exact) mass is 192 g/mol. The molecule has 0 atom stereocenters. The molecule has 2 rings (SSSR count). The summed E-state index contributed by atoms with van der Waals surface area (Å²) in [6.45, 7) is 1.64. The maximum absolute atomic E-state index is 10.9. The second-order valence-electron chi connectivity index (χ2n) is 3.42. The minimum Gasteiger partial charge on any atom is -0.300 e. The lowest BCUT2D eigenvalue weighted by atomic mass is 10.1. The summed E-state index contributed by atoms with van der Waals surface area (Å²) in [6, 6.07) is 6.39. The molecule has 0 aromatic heterocycles. The second-order valence-corrected chi connectivity index (χ2v) is 4.56. The third kappa shape index (κ3) is 1.94. The third-order valence-electron chi connectivity index (χ3n) is 2.21. The molecular formula is C11H12OS. The maximum Gasteiger partial charge on any atom is 0.134 e. The molecule has 13 heavy (non-hydrogen) atoms. The van der Waals surface area contributed by atoms with Gasteiger partial charge in [-0.05, 0) is 30.5 Å². The van der Waals surface area contributed by atoms with Gasteiger partial charge in [-0.15, -0.1) is 11.8 Å². The van der Waals surface area contributed by atoms with Crippen LogP contribution in [0.3, 0.4) is 0 Å². The number of benzene rings is 1. The first-order valence-corrected chi connectivity index (χ1v) is 5.48. The Morgan fingerprint density at radius 1 is 1.54 bits per heavy atom. The molecule has 0 aliphatic carbocycles. The highest BCUT2D eigenvalue weighted by molar-refractivity contribution is 7.99. The van der Waals surface area contributed by atoms with E-state index in [1.807, 2.05) is 11.8 Å². The first-order valence-electron chi connectivity index (χ1n) is 4.50. The van der Waals surface area contributed by atoms with Crippen molar-refractivity contribution in [1.29, 1.82) is 0 Å². The van der Waals surface area contributed by atoms with Crippen molar-refractivity contribution in [2.24, 2.45) is 0 Å². The fourth-order valence-electron chi connectivity index (χ4n) is 1.64. The molecule has 1 heterocycles. The SMILES string of the molecule is CC(=O)Cc1ccc2c(c1)CCS2. The summed E-state index contributed by atoms with van der Waals surface area (Å²) in [4.78, 5) is 12.3. The fourth-order valence-corrected chi connectivity index (χ4v) is 2.69. The summed E-state index contributed by atoms with van der Waals surface area (Å²) in [5.74, 6) is 1.43. The van der Waals surface area contributed by atoms with Crippen molar-refractivity contribution >= 4 is 17.5 Å². The largest absolute Gasteiger partial charge is 0.300 e. The number of hydrogen-bond acceptors (Lipinski definition) is 2. The van der Waals surface area contributed by atoms with Gasteiger partial charge in [-0.3, -0.25) is 4.79 Å². The van der Waals surface area contributed by atoms with Gasteiger partial charge in [0.25, 0.3) is 0 Å². The smallest absolute Gasteiger partial charge is 0.134 e.